The maximum absolute atomic E-state index is 11.9. The van der Waals surface area contributed by atoms with Crippen molar-refractivity contribution in [2.75, 3.05) is 11.1 Å². The van der Waals surface area contributed by atoms with Crippen LogP contribution >= 0.6 is 35.0 Å². The Bertz CT molecular complexity index is 631. The third-order valence-corrected chi connectivity index (χ3v) is 4.26. The Hall–Kier alpha value is -1.16. The van der Waals surface area contributed by atoms with Crippen LogP contribution in [0.5, 0.6) is 0 Å². The highest BCUT2D eigenvalue weighted by Crippen LogP contribution is 2.23. The van der Waals surface area contributed by atoms with E-state index in [1.807, 2.05) is 37.3 Å². The molecule has 0 saturated carbocycles. The molecule has 0 atom stereocenters. The number of halogens is 2. The highest BCUT2D eigenvalue weighted by atomic mass is 35.5. The highest BCUT2D eigenvalue weighted by molar-refractivity contribution is 8.00. The molecule has 2 aromatic rings. The fourth-order valence-corrected chi connectivity index (χ4v) is 2.76. The third-order valence-electron chi connectivity index (χ3n) is 2.62. The lowest BCUT2D eigenvalue weighted by Gasteiger charge is -2.07. The Morgan fingerprint density at radius 3 is 2.70 bits per heavy atom. The second-order valence-corrected chi connectivity index (χ2v) is 6.15. The standard InChI is InChI=1S/C15H13Cl2NOS/c1-10-5-6-12(8-14(10)17)18-15(19)9-20-13-4-2-3-11(16)7-13/h2-8H,9H2,1H3,(H,18,19). The number of carbonyl (C=O) groups is 1. The number of nitrogens with one attached hydrogen (secondary N) is 1. The van der Waals surface area contributed by atoms with Gasteiger partial charge in [0.2, 0.25) is 5.91 Å². The largest absolute Gasteiger partial charge is 0.325 e. The average Bonchev–Trinajstić information content (AvgIpc) is 2.41. The molecule has 0 spiro atoms. The molecule has 1 N–H and O–H groups in total. The maximum atomic E-state index is 11.9. The molecule has 1 amide bonds. The number of carbonyl (C=O) groups excluding carboxylic acids is 1. The normalized spacial score (nSPS) is 10.3. The molecule has 104 valence electrons. The first-order valence-corrected chi connectivity index (χ1v) is 7.73. The number of rotatable bonds is 4. The topological polar surface area (TPSA) is 29.1 Å². The van der Waals surface area contributed by atoms with Gasteiger partial charge in [-0.25, -0.2) is 0 Å². The number of benzene rings is 2. The van der Waals surface area contributed by atoms with Gasteiger partial charge in [0.05, 0.1) is 5.75 Å². The molecule has 0 aliphatic heterocycles. The monoisotopic (exact) mass is 325 g/mol. The summed E-state index contributed by atoms with van der Waals surface area (Å²) >= 11 is 13.3. The molecule has 0 aliphatic carbocycles. The van der Waals surface area contributed by atoms with E-state index in [-0.39, 0.29) is 5.91 Å². The molecule has 0 aromatic heterocycles. The molecule has 0 unspecified atom stereocenters. The minimum Gasteiger partial charge on any atom is -0.325 e. The van der Waals surface area contributed by atoms with Gasteiger partial charge >= 0.3 is 0 Å². The van der Waals surface area contributed by atoms with Crippen LogP contribution in [-0.2, 0) is 4.79 Å². The summed E-state index contributed by atoms with van der Waals surface area (Å²) in [6, 6.07) is 12.9. The van der Waals surface area contributed by atoms with E-state index in [0.29, 0.717) is 21.5 Å². The van der Waals surface area contributed by atoms with Gasteiger partial charge in [0.15, 0.2) is 0 Å². The van der Waals surface area contributed by atoms with Gasteiger partial charge in [-0.2, -0.15) is 0 Å². The van der Waals surface area contributed by atoms with Crippen molar-refractivity contribution in [2.45, 2.75) is 11.8 Å². The van der Waals surface area contributed by atoms with Crippen molar-refractivity contribution in [3.63, 3.8) is 0 Å². The first kappa shape index (κ1) is 15.2. The van der Waals surface area contributed by atoms with E-state index >= 15 is 0 Å². The van der Waals surface area contributed by atoms with Crippen molar-refractivity contribution < 1.29 is 4.79 Å². The van der Waals surface area contributed by atoms with E-state index < -0.39 is 0 Å². The molecular formula is C15H13Cl2NOS. The van der Waals surface area contributed by atoms with Crippen molar-refractivity contribution in [1.82, 2.24) is 0 Å². The quantitative estimate of drug-likeness (QED) is 0.798. The van der Waals surface area contributed by atoms with Gasteiger partial charge in [-0.1, -0.05) is 35.3 Å². The first-order chi connectivity index (χ1) is 9.54. The minimum absolute atomic E-state index is 0.0742. The van der Waals surface area contributed by atoms with Gasteiger partial charge in [0.1, 0.15) is 0 Å². The zero-order chi connectivity index (χ0) is 14.5. The van der Waals surface area contributed by atoms with Crippen LogP contribution in [-0.4, -0.2) is 11.7 Å². The van der Waals surface area contributed by atoms with Gasteiger partial charge < -0.3 is 5.32 Å². The average molecular weight is 326 g/mol. The number of hydrogen-bond donors (Lipinski definition) is 1. The van der Waals surface area contributed by atoms with Crippen molar-refractivity contribution in [2.24, 2.45) is 0 Å². The molecule has 0 radical (unpaired) electrons. The minimum atomic E-state index is -0.0742. The fraction of sp³-hybridized carbons (Fsp3) is 0.133. The van der Waals surface area contributed by atoms with Gasteiger partial charge in [-0.3, -0.25) is 4.79 Å². The summed E-state index contributed by atoms with van der Waals surface area (Å²) in [5, 5.41) is 4.13. The summed E-state index contributed by atoms with van der Waals surface area (Å²) in [5.41, 5.74) is 1.69. The Morgan fingerprint density at radius 2 is 2.00 bits per heavy atom. The van der Waals surface area contributed by atoms with Gasteiger partial charge in [-0.15, -0.1) is 11.8 Å². The van der Waals surface area contributed by atoms with Gasteiger partial charge in [-0.05, 0) is 42.8 Å². The number of aryl methyl sites for hydroxylation is 1. The second kappa shape index (κ2) is 7.02. The summed E-state index contributed by atoms with van der Waals surface area (Å²) in [4.78, 5) is 12.8. The molecule has 0 heterocycles. The van der Waals surface area contributed by atoms with E-state index in [2.05, 4.69) is 5.32 Å². The van der Waals surface area contributed by atoms with E-state index in [4.69, 9.17) is 23.2 Å². The molecule has 0 bridgehead atoms. The zero-order valence-electron chi connectivity index (χ0n) is 10.8. The van der Waals surface area contributed by atoms with Crippen LogP contribution < -0.4 is 5.32 Å². The Balaban J connectivity index is 1.91. The van der Waals surface area contributed by atoms with Crippen LogP contribution in [0.2, 0.25) is 10.0 Å². The van der Waals surface area contributed by atoms with Crippen molar-refractivity contribution in [1.29, 1.82) is 0 Å². The molecule has 20 heavy (non-hydrogen) atoms. The number of amides is 1. The van der Waals surface area contributed by atoms with Crippen molar-refractivity contribution >= 4 is 46.6 Å². The molecule has 2 aromatic carbocycles. The van der Waals surface area contributed by atoms with E-state index in [1.54, 1.807) is 12.1 Å². The number of hydrogen-bond acceptors (Lipinski definition) is 2. The predicted molar refractivity (Wildman–Crippen MR) is 87.0 cm³/mol. The van der Waals surface area contributed by atoms with Crippen molar-refractivity contribution in [3.8, 4) is 0 Å². The second-order valence-electron chi connectivity index (χ2n) is 4.26. The lowest BCUT2D eigenvalue weighted by molar-refractivity contribution is -0.113. The summed E-state index contributed by atoms with van der Waals surface area (Å²) in [7, 11) is 0. The summed E-state index contributed by atoms with van der Waals surface area (Å²) in [6.45, 7) is 1.92. The third kappa shape index (κ3) is 4.44. The van der Waals surface area contributed by atoms with E-state index in [1.165, 1.54) is 11.8 Å². The van der Waals surface area contributed by atoms with Crippen LogP contribution in [0.3, 0.4) is 0 Å². The predicted octanol–water partition coefficient (Wildman–Crippen LogP) is 5.03. The summed E-state index contributed by atoms with van der Waals surface area (Å²) < 4.78 is 0. The van der Waals surface area contributed by atoms with E-state index in [0.717, 1.165) is 10.5 Å². The van der Waals surface area contributed by atoms with Crippen LogP contribution in [0.25, 0.3) is 0 Å². The van der Waals surface area contributed by atoms with Crippen LogP contribution in [0.4, 0.5) is 5.69 Å². The van der Waals surface area contributed by atoms with Crippen LogP contribution in [0, 0.1) is 6.92 Å². The maximum Gasteiger partial charge on any atom is 0.234 e. The molecule has 0 fully saturated rings. The molecule has 5 heteroatoms. The lowest BCUT2D eigenvalue weighted by Crippen LogP contribution is -2.13. The Morgan fingerprint density at radius 1 is 1.20 bits per heavy atom. The van der Waals surface area contributed by atoms with Gasteiger partial charge in [0, 0.05) is 20.6 Å². The molecule has 2 rings (SSSR count). The van der Waals surface area contributed by atoms with E-state index in [9.17, 15) is 4.79 Å². The fourth-order valence-electron chi connectivity index (χ4n) is 1.57. The van der Waals surface area contributed by atoms with Crippen LogP contribution in [0.1, 0.15) is 5.56 Å². The number of anilines is 1. The lowest BCUT2D eigenvalue weighted by atomic mass is 10.2. The molecular weight excluding hydrogens is 313 g/mol. The number of thioether (sulfide) groups is 1. The van der Waals surface area contributed by atoms with Crippen LogP contribution in [0.15, 0.2) is 47.4 Å². The first-order valence-electron chi connectivity index (χ1n) is 5.99. The molecule has 0 saturated heterocycles. The SMILES string of the molecule is Cc1ccc(NC(=O)CSc2cccc(Cl)c2)cc1Cl. The summed E-state index contributed by atoms with van der Waals surface area (Å²) in [6.07, 6.45) is 0. The highest BCUT2D eigenvalue weighted by Gasteiger charge is 2.05. The van der Waals surface area contributed by atoms with Gasteiger partial charge in [0.25, 0.3) is 0 Å². The summed E-state index contributed by atoms with van der Waals surface area (Å²) in [5.74, 6) is 0.251. The Labute approximate surface area is 132 Å². The smallest absolute Gasteiger partial charge is 0.234 e. The zero-order valence-corrected chi connectivity index (χ0v) is 13.1. The van der Waals surface area contributed by atoms with Crippen molar-refractivity contribution in [3.05, 3.63) is 58.1 Å². The molecule has 2 nitrogen and oxygen atoms in total. The Kier molecular flexibility index (Phi) is 5.35. The molecule has 0 aliphatic rings.